The summed E-state index contributed by atoms with van der Waals surface area (Å²) in [6, 6.07) is 14.7. The second-order valence-electron chi connectivity index (χ2n) is 4.90. The zero-order valence-corrected chi connectivity index (χ0v) is 12.8. The summed E-state index contributed by atoms with van der Waals surface area (Å²) in [4.78, 5) is 0. The van der Waals surface area contributed by atoms with E-state index in [9.17, 15) is 8.42 Å². The van der Waals surface area contributed by atoms with Crippen molar-refractivity contribution in [1.29, 1.82) is 0 Å². The van der Waals surface area contributed by atoms with E-state index >= 15 is 0 Å². The average Bonchev–Trinajstić information content (AvgIpc) is 2.46. The van der Waals surface area contributed by atoms with E-state index in [-0.39, 0.29) is 11.5 Å². The topological polar surface area (TPSA) is 69.4 Å². The van der Waals surface area contributed by atoms with E-state index in [4.69, 9.17) is 10.5 Å². The molecule has 0 spiro atoms. The number of nitrogen functional groups attached to an aromatic ring is 1. The lowest BCUT2D eigenvalue weighted by Gasteiger charge is -2.08. The van der Waals surface area contributed by atoms with Gasteiger partial charge in [0.15, 0.2) is 9.84 Å². The van der Waals surface area contributed by atoms with Crippen molar-refractivity contribution in [2.75, 3.05) is 18.6 Å². The number of nitrogens with two attached hydrogens (primary N) is 1. The van der Waals surface area contributed by atoms with Gasteiger partial charge in [-0.25, -0.2) is 8.42 Å². The van der Waals surface area contributed by atoms with Crippen molar-refractivity contribution in [2.45, 2.75) is 12.2 Å². The van der Waals surface area contributed by atoms with Crippen LogP contribution in [0.2, 0.25) is 0 Å². The average molecular weight is 305 g/mol. The molecule has 0 aromatic heterocycles. The van der Waals surface area contributed by atoms with Crippen molar-refractivity contribution < 1.29 is 13.2 Å². The molecule has 5 heteroatoms. The SMILES string of the molecule is COc1ccc(CS(=O)(=O)CCc2ccccc2)cc1N. The molecule has 2 aromatic rings. The first-order chi connectivity index (χ1) is 10.00. The lowest BCUT2D eigenvalue weighted by atomic mass is 10.2. The molecule has 0 bridgehead atoms. The van der Waals surface area contributed by atoms with Crippen LogP contribution < -0.4 is 10.5 Å². The molecule has 2 rings (SSSR count). The monoisotopic (exact) mass is 305 g/mol. The Morgan fingerprint density at radius 3 is 2.38 bits per heavy atom. The predicted molar refractivity (Wildman–Crippen MR) is 85.0 cm³/mol. The van der Waals surface area contributed by atoms with Crippen LogP contribution >= 0.6 is 0 Å². The van der Waals surface area contributed by atoms with Gasteiger partial charge in [-0.3, -0.25) is 0 Å². The molecule has 0 saturated carbocycles. The number of benzene rings is 2. The quantitative estimate of drug-likeness (QED) is 0.832. The Bertz CT molecular complexity index is 697. The molecular weight excluding hydrogens is 286 g/mol. The molecule has 21 heavy (non-hydrogen) atoms. The minimum atomic E-state index is -3.17. The Hall–Kier alpha value is -2.01. The number of ether oxygens (including phenoxy) is 1. The van der Waals surface area contributed by atoms with Crippen molar-refractivity contribution in [2.24, 2.45) is 0 Å². The number of hydrogen-bond donors (Lipinski definition) is 1. The lowest BCUT2D eigenvalue weighted by Crippen LogP contribution is -2.11. The van der Waals surface area contributed by atoms with Crippen LogP contribution in [-0.4, -0.2) is 21.3 Å². The van der Waals surface area contributed by atoms with Crippen molar-refractivity contribution in [3.05, 3.63) is 59.7 Å². The van der Waals surface area contributed by atoms with E-state index < -0.39 is 9.84 Å². The van der Waals surface area contributed by atoms with Gasteiger partial charge in [-0.15, -0.1) is 0 Å². The van der Waals surface area contributed by atoms with E-state index in [0.29, 0.717) is 23.4 Å². The first-order valence-corrected chi connectivity index (χ1v) is 8.49. The fourth-order valence-corrected chi connectivity index (χ4v) is 3.50. The van der Waals surface area contributed by atoms with Crippen LogP contribution in [0, 0.1) is 0 Å². The van der Waals surface area contributed by atoms with Crippen LogP contribution in [0.3, 0.4) is 0 Å². The number of aryl methyl sites for hydroxylation is 1. The number of rotatable bonds is 6. The van der Waals surface area contributed by atoms with Gasteiger partial charge in [-0.05, 0) is 29.7 Å². The molecule has 112 valence electrons. The molecule has 2 aromatic carbocycles. The Balaban J connectivity index is 2.02. The van der Waals surface area contributed by atoms with Gasteiger partial charge < -0.3 is 10.5 Å². The van der Waals surface area contributed by atoms with E-state index in [2.05, 4.69) is 0 Å². The predicted octanol–water partition coefficient (Wildman–Crippen LogP) is 2.43. The third-order valence-corrected chi connectivity index (χ3v) is 4.82. The van der Waals surface area contributed by atoms with Crippen molar-refractivity contribution >= 4 is 15.5 Å². The molecule has 0 amide bonds. The maximum Gasteiger partial charge on any atom is 0.154 e. The number of sulfone groups is 1. The van der Waals surface area contributed by atoms with Gasteiger partial charge in [0, 0.05) is 0 Å². The van der Waals surface area contributed by atoms with E-state index in [0.717, 1.165) is 5.56 Å². The zero-order valence-electron chi connectivity index (χ0n) is 12.0. The molecule has 0 saturated heterocycles. The zero-order chi connectivity index (χ0) is 15.3. The Kier molecular flexibility index (Phi) is 4.85. The molecule has 0 radical (unpaired) electrons. The van der Waals surface area contributed by atoms with Gasteiger partial charge in [0.2, 0.25) is 0 Å². The first kappa shape index (κ1) is 15.4. The Labute approximate surface area is 125 Å². The number of hydrogen-bond acceptors (Lipinski definition) is 4. The van der Waals surface area contributed by atoms with Crippen molar-refractivity contribution in [3.8, 4) is 5.75 Å². The highest BCUT2D eigenvalue weighted by Crippen LogP contribution is 2.23. The van der Waals surface area contributed by atoms with Crippen molar-refractivity contribution in [3.63, 3.8) is 0 Å². The highest BCUT2D eigenvalue weighted by molar-refractivity contribution is 7.90. The molecule has 0 fully saturated rings. The first-order valence-electron chi connectivity index (χ1n) is 6.67. The summed E-state index contributed by atoms with van der Waals surface area (Å²) < 4.78 is 29.4. The molecule has 0 aliphatic carbocycles. The van der Waals surface area contributed by atoms with Gasteiger partial charge in [0.1, 0.15) is 5.75 Å². The largest absolute Gasteiger partial charge is 0.495 e. The normalized spacial score (nSPS) is 11.3. The third kappa shape index (κ3) is 4.49. The molecule has 0 aliphatic heterocycles. The molecule has 2 N–H and O–H groups in total. The summed E-state index contributed by atoms with van der Waals surface area (Å²) >= 11 is 0. The van der Waals surface area contributed by atoms with Gasteiger partial charge in [-0.2, -0.15) is 0 Å². The van der Waals surface area contributed by atoms with Crippen LogP contribution in [0.15, 0.2) is 48.5 Å². The van der Waals surface area contributed by atoms with Crippen LogP contribution in [0.4, 0.5) is 5.69 Å². The minimum Gasteiger partial charge on any atom is -0.495 e. The molecular formula is C16H19NO3S. The van der Waals surface area contributed by atoms with Crippen LogP contribution in [-0.2, 0) is 22.0 Å². The molecule has 4 nitrogen and oxygen atoms in total. The summed E-state index contributed by atoms with van der Waals surface area (Å²) in [7, 11) is -1.64. The summed E-state index contributed by atoms with van der Waals surface area (Å²) in [6.07, 6.45) is 0.523. The Morgan fingerprint density at radius 2 is 1.76 bits per heavy atom. The summed E-state index contributed by atoms with van der Waals surface area (Å²) in [5, 5.41) is 0. The fourth-order valence-electron chi connectivity index (χ4n) is 2.12. The standard InChI is InChI=1S/C16H19NO3S/c1-20-16-8-7-14(11-15(16)17)12-21(18,19)10-9-13-5-3-2-4-6-13/h2-8,11H,9-10,12,17H2,1H3. The lowest BCUT2D eigenvalue weighted by molar-refractivity contribution is 0.417. The Morgan fingerprint density at radius 1 is 1.05 bits per heavy atom. The van der Waals surface area contributed by atoms with Crippen LogP contribution in [0.5, 0.6) is 5.75 Å². The van der Waals surface area contributed by atoms with E-state index in [1.165, 1.54) is 7.11 Å². The maximum atomic E-state index is 12.2. The highest BCUT2D eigenvalue weighted by Gasteiger charge is 2.13. The van der Waals surface area contributed by atoms with Gasteiger partial charge >= 0.3 is 0 Å². The van der Waals surface area contributed by atoms with E-state index in [1.54, 1.807) is 18.2 Å². The maximum absolute atomic E-state index is 12.2. The number of anilines is 1. The summed E-state index contributed by atoms with van der Waals surface area (Å²) in [5.41, 5.74) is 7.95. The van der Waals surface area contributed by atoms with Gasteiger partial charge in [0.05, 0.1) is 24.3 Å². The fraction of sp³-hybridized carbons (Fsp3) is 0.250. The van der Waals surface area contributed by atoms with Crippen LogP contribution in [0.1, 0.15) is 11.1 Å². The van der Waals surface area contributed by atoms with Gasteiger partial charge in [-0.1, -0.05) is 36.4 Å². The summed E-state index contributed by atoms with van der Waals surface area (Å²) in [5.74, 6) is 0.678. The summed E-state index contributed by atoms with van der Waals surface area (Å²) in [6.45, 7) is 0. The molecule has 0 heterocycles. The van der Waals surface area contributed by atoms with Crippen LogP contribution in [0.25, 0.3) is 0 Å². The third-order valence-electron chi connectivity index (χ3n) is 3.23. The second-order valence-corrected chi connectivity index (χ2v) is 7.09. The molecule has 0 atom stereocenters. The minimum absolute atomic E-state index is 0.00592. The second kappa shape index (κ2) is 6.63. The number of methoxy groups -OCH3 is 1. The van der Waals surface area contributed by atoms with Gasteiger partial charge in [0.25, 0.3) is 0 Å². The molecule has 0 aliphatic rings. The molecule has 0 unspecified atom stereocenters. The van der Waals surface area contributed by atoms with E-state index in [1.807, 2.05) is 30.3 Å². The van der Waals surface area contributed by atoms with Crippen molar-refractivity contribution in [1.82, 2.24) is 0 Å². The smallest absolute Gasteiger partial charge is 0.154 e. The highest BCUT2D eigenvalue weighted by atomic mass is 32.2.